The van der Waals surface area contributed by atoms with Crippen LogP contribution in [0.25, 0.3) is 11.6 Å². The molecule has 0 radical (unpaired) electrons. The monoisotopic (exact) mass is 320 g/mol. The molecular weight excluding hydrogens is 292 g/mol. The van der Waals surface area contributed by atoms with Crippen molar-refractivity contribution in [2.24, 2.45) is 0 Å². The average Bonchev–Trinajstić information content (AvgIpc) is 2.66. The Morgan fingerprint density at radius 2 is 1.50 bits per heavy atom. The minimum atomic E-state index is 1.05. The van der Waals surface area contributed by atoms with E-state index >= 15 is 0 Å². The van der Waals surface area contributed by atoms with E-state index in [2.05, 4.69) is 65.8 Å². The van der Waals surface area contributed by atoms with Gasteiger partial charge < -0.3 is 10.6 Å². The zero-order valence-electron chi connectivity index (χ0n) is 15.2. The molecule has 0 heterocycles. The second-order valence-electron chi connectivity index (χ2n) is 5.64. The second-order valence-corrected chi connectivity index (χ2v) is 5.64. The van der Waals surface area contributed by atoms with Crippen LogP contribution in [0.5, 0.6) is 0 Å². The van der Waals surface area contributed by atoms with Crippen molar-refractivity contribution in [2.75, 3.05) is 24.7 Å². The minimum absolute atomic E-state index is 1.05. The molecule has 2 N–H and O–H groups in total. The van der Waals surface area contributed by atoms with Crippen molar-refractivity contribution in [1.29, 1.82) is 0 Å². The van der Waals surface area contributed by atoms with Gasteiger partial charge in [0.1, 0.15) is 0 Å². The third-order valence-electron chi connectivity index (χ3n) is 4.31. The zero-order valence-corrected chi connectivity index (χ0v) is 15.2. The summed E-state index contributed by atoms with van der Waals surface area (Å²) < 4.78 is 0. The molecule has 1 aliphatic carbocycles. The molecule has 0 saturated heterocycles. The van der Waals surface area contributed by atoms with Crippen LogP contribution in [0.2, 0.25) is 0 Å². The number of aryl methyl sites for hydroxylation is 1. The molecule has 2 aromatic carbocycles. The lowest BCUT2D eigenvalue weighted by molar-refractivity contribution is 0.946. The molecule has 1 aliphatic rings. The first-order valence-electron chi connectivity index (χ1n) is 8.70. The van der Waals surface area contributed by atoms with Crippen LogP contribution < -0.4 is 10.6 Å². The summed E-state index contributed by atoms with van der Waals surface area (Å²) in [7, 11) is 3.90. The van der Waals surface area contributed by atoms with Gasteiger partial charge in [0, 0.05) is 25.5 Å². The number of rotatable bonds is 3. The summed E-state index contributed by atoms with van der Waals surface area (Å²) in [5, 5.41) is 6.35. The molecule has 0 spiro atoms. The summed E-state index contributed by atoms with van der Waals surface area (Å²) in [6.45, 7) is 8.32. The number of benzene rings is 2. The molecule has 2 heteroatoms. The number of anilines is 2. The summed E-state index contributed by atoms with van der Waals surface area (Å²) >= 11 is 0. The predicted octanol–water partition coefficient (Wildman–Crippen LogP) is 5.84. The molecule has 3 rings (SSSR count). The highest BCUT2D eigenvalue weighted by atomic mass is 14.8. The van der Waals surface area contributed by atoms with Crippen LogP contribution in [0.3, 0.4) is 0 Å². The van der Waals surface area contributed by atoms with E-state index in [1.54, 1.807) is 0 Å². The second kappa shape index (κ2) is 8.39. The Hall–Kier alpha value is -2.48. The standard InChI is InChI=1S/C20H22N2.C2H6/c1-14-16(12-15-4-8-18(21-2)9-5-15)6-7-17-13-19(22-3)10-11-20(14)17;1-2/h4-5,8-13,21-22H,1,6-7H2,2-3H3;1-2H3/b16-12+;. The molecule has 0 bridgehead atoms. The van der Waals surface area contributed by atoms with Gasteiger partial charge in [-0.2, -0.15) is 0 Å². The third kappa shape index (κ3) is 3.88. The molecular formula is C22H28N2. The van der Waals surface area contributed by atoms with E-state index in [1.807, 2.05) is 27.9 Å². The maximum atomic E-state index is 4.32. The summed E-state index contributed by atoms with van der Waals surface area (Å²) in [6.07, 6.45) is 4.38. The van der Waals surface area contributed by atoms with E-state index in [0.717, 1.165) is 24.1 Å². The Morgan fingerprint density at radius 3 is 2.12 bits per heavy atom. The van der Waals surface area contributed by atoms with E-state index in [1.165, 1.54) is 28.0 Å². The molecule has 0 fully saturated rings. The first-order chi connectivity index (χ1) is 11.7. The Kier molecular flexibility index (Phi) is 6.25. The lowest BCUT2D eigenvalue weighted by Crippen LogP contribution is -2.05. The number of nitrogens with one attached hydrogen (secondary N) is 2. The number of fused-ring (bicyclic) bond motifs is 1. The molecule has 2 nitrogen and oxygen atoms in total. The molecule has 2 aromatic rings. The maximum Gasteiger partial charge on any atom is 0.0340 e. The Bertz CT molecular complexity index is 724. The van der Waals surface area contributed by atoms with Crippen molar-refractivity contribution in [1.82, 2.24) is 0 Å². The van der Waals surface area contributed by atoms with Gasteiger partial charge in [-0.1, -0.05) is 44.7 Å². The van der Waals surface area contributed by atoms with Gasteiger partial charge in [0.15, 0.2) is 0 Å². The van der Waals surface area contributed by atoms with E-state index in [0.29, 0.717) is 0 Å². The first-order valence-corrected chi connectivity index (χ1v) is 8.70. The van der Waals surface area contributed by atoms with Gasteiger partial charge in [0.25, 0.3) is 0 Å². The average molecular weight is 320 g/mol. The van der Waals surface area contributed by atoms with Crippen molar-refractivity contribution >= 4 is 23.0 Å². The van der Waals surface area contributed by atoms with Gasteiger partial charge in [0.05, 0.1) is 0 Å². The lowest BCUT2D eigenvalue weighted by atomic mass is 9.83. The molecule has 0 atom stereocenters. The zero-order chi connectivity index (χ0) is 17.5. The Morgan fingerprint density at radius 1 is 0.875 bits per heavy atom. The highest BCUT2D eigenvalue weighted by molar-refractivity contribution is 5.86. The molecule has 24 heavy (non-hydrogen) atoms. The normalized spacial score (nSPS) is 14.5. The Balaban J connectivity index is 0.00000100. The van der Waals surface area contributed by atoms with Gasteiger partial charge in [-0.15, -0.1) is 0 Å². The highest BCUT2D eigenvalue weighted by Crippen LogP contribution is 2.36. The van der Waals surface area contributed by atoms with Crippen LogP contribution in [0.1, 0.15) is 37.0 Å². The van der Waals surface area contributed by atoms with Crippen LogP contribution in [-0.2, 0) is 6.42 Å². The molecule has 0 unspecified atom stereocenters. The summed E-state index contributed by atoms with van der Waals surface area (Å²) in [4.78, 5) is 0. The van der Waals surface area contributed by atoms with Gasteiger partial charge in [-0.25, -0.2) is 0 Å². The number of hydrogen-bond donors (Lipinski definition) is 2. The molecule has 126 valence electrons. The van der Waals surface area contributed by atoms with E-state index in [4.69, 9.17) is 0 Å². The molecule has 0 amide bonds. The van der Waals surface area contributed by atoms with Crippen molar-refractivity contribution < 1.29 is 0 Å². The van der Waals surface area contributed by atoms with Crippen molar-refractivity contribution in [3.8, 4) is 0 Å². The topological polar surface area (TPSA) is 24.1 Å². The molecule has 0 saturated carbocycles. The largest absolute Gasteiger partial charge is 0.388 e. The fourth-order valence-electron chi connectivity index (χ4n) is 2.95. The smallest absolute Gasteiger partial charge is 0.0340 e. The van der Waals surface area contributed by atoms with Gasteiger partial charge >= 0.3 is 0 Å². The SMILES string of the molecule is C=C1/C(=C/c2ccc(NC)cc2)CCc2cc(NC)ccc21.CC. The van der Waals surface area contributed by atoms with Gasteiger partial charge in [0.2, 0.25) is 0 Å². The first kappa shape index (κ1) is 17.9. The number of allylic oxidation sites excluding steroid dienone is 2. The predicted molar refractivity (Wildman–Crippen MR) is 109 cm³/mol. The fourth-order valence-corrected chi connectivity index (χ4v) is 2.95. The minimum Gasteiger partial charge on any atom is -0.388 e. The van der Waals surface area contributed by atoms with Crippen molar-refractivity contribution in [3.63, 3.8) is 0 Å². The Labute approximate surface area is 146 Å². The summed E-state index contributed by atoms with van der Waals surface area (Å²) in [6, 6.07) is 15.0. The number of hydrogen-bond acceptors (Lipinski definition) is 2. The van der Waals surface area contributed by atoms with Gasteiger partial charge in [-0.3, -0.25) is 0 Å². The van der Waals surface area contributed by atoms with Crippen molar-refractivity contribution in [3.05, 3.63) is 71.3 Å². The molecule has 0 aromatic heterocycles. The van der Waals surface area contributed by atoms with Gasteiger partial charge in [-0.05, 0) is 64.9 Å². The van der Waals surface area contributed by atoms with Crippen LogP contribution in [0, 0.1) is 0 Å². The van der Waals surface area contributed by atoms with Crippen molar-refractivity contribution in [2.45, 2.75) is 26.7 Å². The highest BCUT2D eigenvalue weighted by Gasteiger charge is 2.17. The van der Waals surface area contributed by atoms with Crippen LogP contribution in [0.15, 0.2) is 54.6 Å². The maximum absolute atomic E-state index is 4.32. The summed E-state index contributed by atoms with van der Waals surface area (Å²) in [5.74, 6) is 0. The summed E-state index contributed by atoms with van der Waals surface area (Å²) in [5.41, 5.74) is 8.69. The third-order valence-corrected chi connectivity index (χ3v) is 4.31. The lowest BCUT2D eigenvalue weighted by Gasteiger charge is -2.22. The molecule has 0 aliphatic heterocycles. The van der Waals surface area contributed by atoms with Crippen LogP contribution in [-0.4, -0.2) is 14.1 Å². The van der Waals surface area contributed by atoms with Crippen LogP contribution >= 0.6 is 0 Å². The fraction of sp³-hybridized carbons (Fsp3) is 0.273. The quantitative estimate of drug-likeness (QED) is 0.742. The van der Waals surface area contributed by atoms with E-state index in [-0.39, 0.29) is 0 Å². The van der Waals surface area contributed by atoms with E-state index < -0.39 is 0 Å². The van der Waals surface area contributed by atoms with Crippen LogP contribution in [0.4, 0.5) is 11.4 Å². The van der Waals surface area contributed by atoms with E-state index in [9.17, 15) is 0 Å².